The summed E-state index contributed by atoms with van der Waals surface area (Å²) in [5, 5.41) is 3.52. The molecule has 0 aliphatic carbocycles. The third-order valence-electron chi connectivity index (χ3n) is 6.17. The van der Waals surface area contributed by atoms with Crippen molar-refractivity contribution >= 4 is 28.9 Å². The van der Waals surface area contributed by atoms with Crippen molar-refractivity contribution < 1.29 is 22.7 Å². The summed E-state index contributed by atoms with van der Waals surface area (Å²) in [4.78, 5) is 17.3. The lowest BCUT2D eigenvalue weighted by Crippen LogP contribution is -2.61. The number of halogens is 4. The minimum atomic E-state index is -4.42. The highest BCUT2D eigenvalue weighted by Gasteiger charge is 2.42. The summed E-state index contributed by atoms with van der Waals surface area (Å²) >= 11 is 6.02. The Bertz CT molecular complexity index is 968. The third kappa shape index (κ3) is 4.66. The highest BCUT2D eigenvalue weighted by Crippen LogP contribution is 2.40. The van der Waals surface area contributed by atoms with Gasteiger partial charge in [0.05, 0.1) is 24.1 Å². The molecule has 5 nitrogen and oxygen atoms in total. The van der Waals surface area contributed by atoms with E-state index in [0.717, 1.165) is 17.4 Å². The van der Waals surface area contributed by atoms with E-state index in [1.54, 1.807) is 13.2 Å². The van der Waals surface area contributed by atoms with Gasteiger partial charge >= 0.3 is 6.18 Å². The van der Waals surface area contributed by atoms with E-state index in [1.165, 1.54) is 6.07 Å². The molecule has 172 valence electrons. The van der Waals surface area contributed by atoms with Gasteiger partial charge in [0.15, 0.2) is 0 Å². The number of ether oxygens (including phenoxy) is 1. The van der Waals surface area contributed by atoms with Crippen LogP contribution >= 0.6 is 11.6 Å². The number of nitrogens with zero attached hydrogens (tertiary/aromatic N) is 2. The Kier molecular flexibility index (Phi) is 6.53. The van der Waals surface area contributed by atoms with Crippen molar-refractivity contribution in [3.8, 4) is 0 Å². The van der Waals surface area contributed by atoms with Gasteiger partial charge < -0.3 is 19.9 Å². The van der Waals surface area contributed by atoms with Crippen LogP contribution in [0.3, 0.4) is 0 Å². The van der Waals surface area contributed by atoms with Crippen LogP contribution in [0, 0.1) is 5.92 Å². The van der Waals surface area contributed by atoms with Crippen molar-refractivity contribution in [2.75, 3.05) is 49.7 Å². The molecule has 2 aliphatic rings. The molecule has 1 fully saturated rings. The van der Waals surface area contributed by atoms with Gasteiger partial charge in [-0.05, 0) is 54.4 Å². The number of fused-ring (bicyclic) bond motifs is 3. The topological polar surface area (TPSA) is 44.8 Å². The standard InChI is InChI=1S/C23H25ClF3N3O2/c1-32-11-8-28-22(31)19-13-15-12-16(23(25,26)27)2-7-20(15)30-10-9-29(14-21(19)30)18-5-3-17(24)4-6-18/h2-7,12,19,21H,8-11,13-14H2,1H3,(H,28,31)/t19-,21+/m0/s1. The van der Waals surface area contributed by atoms with Crippen molar-refractivity contribution in [1.29, 1.82) is 0 Å². The Balaban J connectivity index is 1.64. The van der Waals surface area contributed by atoms with Gasteiger partial charge in [0.25, 0.3) is 0 Å². The van der Waals surface area contributed by atoms with Crippen LogP contribution in [0.1, 0.15) is 11.1 Å². The summed E-state index contributed by atoms with van der Waals surface area (Å²) in [7, 11) is 1.55. The van der Waals surface area contributed by atoms with Crippen molar-refractivity contribution in [2.45, 2.75) is 18.6 Å². The van der Waals surface area contributed by atoms with E-state index in [-0.39, 0.29) is 18.4 Å². The molecule has 0 bridgehead atoms. The number of rotatable bonds is 5. The molecule has 1 amide bonds. The highest BCUT2D eigenvalue weighted by atomic mass is 35.5. The van der Waals surface area contributed by atoms with Gasteiger partial charge in [-0.1, -0.05) is 11.6 Å². The SMILES string of the molecule is COCCNC(=O)[C@H]1Cc2cc(C(F)(F)F)ccc2N2CCN(c3ccc(Cl)cc3)C[C@H]12. The van der Waals surface area contributed by atoms with Gasteiger partial charge in [-0.25, -0.2) is 0 Å². The fourth-order valence-corrected chi connectivity index (χ4v) is 4.72. The lowest BCUT2D eigenvalue weighted by atomic mass is 9.82. The molecule has 0 radical (unpaired) electrons. The number of nitrogens with one attached hydrogen (secondary N) is 1. The minimum absolute atomic E-state index is 0.161. The summed E-state index contributed by atoms with van der Waals surface area (Å²) in [5.74, 6) is -0.643. The fourth-order valence-electron chi connectivity index (χ4n) is 4.59. The number of piperazine rings is 1. The normalized spacial score (nSPS) is 20.5. The molecule has 0 spiro atoms. The number of methoxy groups -OCH3 is 1. The van der Waals surface area contributed by atoms with Crippen LogP contribution in [0.4, 0.5) is 24.5 Å². The number of carbonyl (C=O) groups is 1. The summed E-state index contributed by atoms with van der Waals surface area (Å²) in [6.07, 6.45) is -4.16. The second kappa shape index (κ2) is 9.19. The lowest BCUT2D eigenvalue weighted by Gasteiger charge is -2.49. The van der Waals surface area contributed by atoms with Crippen LogP contribution < -0.4 is 15.1 Å². The first kappa shape index (κ1) is 22.7. The Labute approximate surface area is 190 Å². The van der Waals surface area contributed by atoms with E-state index in [4.69, 9.17) is 16.3 Å². The summed E-state index contributed by atoms with van der Waals surface area (Å²) in [6, 6.07) is 11.2. The van der Waals surface area contributed by atoms with Gasteiger partial charge in [-0.15, -0.1) is 0 Å². The second-order valence-electron chi connectivity index (χ2n) is 8.12. The Hall–Kier alpha value is -2.45. The first-order valence-corrected chi connectivity index (χ1v) is 10.9. The molecule has 2 aliphatic heterocycles. The number of benzene rings is 2. The Morgan fingerprint density at radius 2 is 1.94 bits per heavy atom. The first-order valence-electron chi connectivity index (χ1n) is 10.5. The van der Waals surface area contributed by atoms with E-state index in [9.17, 15) is 18.0 Å². The zero-order valence-electron chi connectivity index (χ0n) is 17.7. The molecule has 2 aromatic carbocycles. The number of anilines is 2. The molecule has 1 N–H and O–H groups in total. The number of hydrogen-bond donors (Lipinski definition) is 1. The Morgan fingerprint density at radius 1 is 1.19 bits per heavy atom. The molecule has 2 atom stereocenters. The van der Waals surface area contributed by atoms with Crippen LogP contribution in [0.5, 0.6) is 0 Å². The van der Waals surface area contributed by atoms with Crippen molar-refractivity contribution in [3.05, 3.63) is 58.6 Å². The maximum Gasteiger partial charge on any atom is 0.416 e. The maximum absolute atomic E-state index is 13.3. The Morgan fingerprint density at radius 3 is 2.62 bits per heavy atom. The van der Waals surface area contributed by atoms with Crippen LogP contribution in [-0.2, 0) is 22.1 Å². The van der Waals surface area contributed by atoms with Gasteiger partial charge in [-0.2, -0.15) is 13.2 Å². The second-order valence-corrected chi connectivity index (χ2v) is 8.56. The van der Waals surface area contributed by atoms with Crippen molar-refractivity contribution in [3.63, 3.8) is 0 Å². The average molecular weight is 468 g/mol. The zero-order valence-corrected chi connectivity index (χ0v) is 18.4. The molecule has 4 rings (SSSR count). The quantitative estimate of drug-likeness (QED) is 0.675. The molecular weight excluding hydrogens is 443 g/mol. The number of carbonyl (C=O) groups excluding carboxylic acids is 1. The van der Waals surface area contributed by atoms with Crippen molar-refractivity contribution in [1.82, 2.24) is 5.32 Å². The van der Waals surface area contributed by atoms with Gasteiger partial charge in [0.2, 0.25) is 5.91 Å². The smallest absolute Gasteiger partial charge is 0.383 e. The molecule has 1 saturated heterocycles. The molecule has 2 heterocycles. The highest BCUT2D eigenvalue weighted by molar-refractivity contribution is 6.30. The van der Waals surface area contributed by atoms with Crippen LogP contribution in [0.2, 0.25) is 5.02 Å². The number of alkyl halides is 3. The molecule has 0 unspecified atom stereocenters. The fraction of sp³-hybridized carbons (Fsp3) is 0.435. The summed E-state index contributed by atoms with van der Waals surface area (Å²) in [5.41, 5.74) is 1.65. The maximum atomic E-state index is 13.3. The van der Waals surface area contributed by atoms with Gasteiger partial charge in [0.1, 0.15) is 0 Å². The lowest BCUT2D eigenvalue weighted by molar-refractivity contribution is -0.137. The van der Waals surface area contributed by atoms with Crippen molar-refractivity contribution in [2.24, 2.45) is 5.92 Å². The molecule has 9 heteroatoms. The minimum Gasteiger partial charge on any atom is -0.383 e. The zero-order chi connectivity index (χ0) is 22.9. The summed E-state index contributed by atoms with van der Waals surface area (Å²) in [6.45, 7) is 2.61. The largest absolute Gasteiger partial charge is 0.416 e. The number of hydrogen-bond acceptors (Lipinski definition) is 4. The molecule has 32 heavy (non-hydrogen) atoms. The third-order valence-corrected chi connectivity index (χ3v) is 6.43. The predicted octanol–water partition coefficient (Wildman–Crippen LogP) is 3.99. The number of amides is 1. The van der Waals surface area contributed by atoms with Crippen LogP contribution in [-0.4, -0.2) is 51.8 Å². The predicted molar refractivity (Wildman–Crippen MR) is 118 cm³/mol. The van der Waals surface area contributed by atoms with E-state index >= 15 is 0 Å². The van der Waals surface area contributed by atoms with E-state index in [1.807, 2.05) is 24.3 Å². The van der Waals surface area contributed by atoms with Gasteiger partial charge in [0, 0.05) is 49.7 Å². The summed E-state index contributed by atoms with van der Waals surface area (Å²) < 4.78 is 44.9. The van der Waals surface area contributed by atoms with Crippen LogP contribution in [0.25, 0.3) is 0 Å². The monoisotopic (exact) mass is 467 g/mol. The molecule has 0 aromatic heterocycles. The average Bonchev–Trinajstić information content (AvgIpc) is 2.77. The first-order chi connectivity index (χ1) is 15.3. The van der Waals surface area contributed by atoms with E-state index in [2.05, 4.69) is 15.1 Å². The molecule has 2 aromatic rings. The van der Waals surface area contributed by atoms with Crippen LogP contribution in [0.15, 0.2) is 42.5 Å². The molecular formula is C23H25ClF3N3O2. The molecule has 0 saturated carbocycles. The van der Waals surface area contributed by atoms with E-state index in [0.29, 0.717) is 43.4 Å². The van der Waals surface area contributed by atoms with E-state index < -0.39 is 17.7 Å². The van der Waals surface area contributed by atoms with Gasteiger partial charge in [-0.3, -0.25) is 4.79 Å².